The summed E-state index contributed by atoms with van der Waals surface area (Å²) in [5.74, 6) is -1.97. The zero-order chi connectivity index (χ0) is 18.9. The van der Waals surface area contributed by atoms with Crippen LogP contribution >= 0.6 is 0 Å². The van der Waals surface area contributed by atoms with Gasteiger partial charge in [0.25, 0.3) is 0 Å². The van der Waals surface area contributed by atoms with Gasteiger partial charge in [-0.05, 0) is 24.5 Å². The molecule has 0 fully saturated rings. The van der Waals surface area contributed by atoms with Crippen LogP contribution in [0.2, 0.25) is 0 Å². The molecule has 0 aliphatic heterocycles. The lowest BCUT2D eigenvalue weighted by Crippen LogP contribution is -2.41. The van der Waals surface area contributed by atoms with Crippen molar-refractivity contribution in [2.75, 3.05) is 6.54 Å². The summed E-state index contributed by atoms with van der Waals surface area (Å²) in [4.78, 5) is 35.2. The highest BCUT2D eigenvalue weighted by atomic mass is 16.4. The van der Waals surface area contributed by atoms with Crippen LogP contribution in [0.1, 0.15) is 29.2 Å². The highest BCUT2D eigenvalue weighted by molar-refractivity contribution is 5.88. The number of amides is 2. The smallest absolute Gasteiger partial charge is 0.330 e. The lowest BCUT2D eigenvalue weighted by Gasteiger charge is -2.15. The molecule has 3 N–H and O–H groups in total. The average Bonchev–Trinajstić information content (AvgIpc) is 2.64. The second kappa shape index (κ2) is 9.36. The summed E-state index contributed by atoms with van der Waals surface area (Å²) in [6.07, 6.45) is 0.840. The number of nitrogens with one attached hydrogen (secondary N) is 2. The highest BCUT2D eigenvalue weighted by Crippen LogP contribution is 2.12. The molecule has 6 nitrogen and oxygen atoms in total. The minimum absolute atomic E-state index is 0.257. The number of benzene rings is 2. The maximum Gasteiger partial charge on any atom is 0.330 e. The molecule has 0 aliphatic rings. The van der Waals surface area contributed by atoms with Crippen LogP contribution < -0.4 is 10.6 Å². The fraction of sp³-hybridized carbons (Fsp3) is 0.250. The van der Waals surface area contributed by atoms with Gasteiger partial charge in [0, 0.05) is 6.42 Å². The number of hydrogen-bond donors (Lipinski definition) is 3. The zero-order valence-corrected chi connectivity index (χ0v) is 14.6. The van der Waals surface area contributed by atoms with Crippen molar-refractivity contribution < 1.29 is 19.5 Å². The summed E-state index contributed by atoms with van der Waals surface area (Å²) in [6, 6.07) is 15.2. The van der Waals surface area contributed by atoms with Crippen LogP contribution in [0.5, 0.6) is 0 Å². The molecule has 0 spiro atoms. The Labute approximate surface area is 152 Å². The Kier molecular flexibility index (Phi) is 6.91. The molecular formula is C20H22N2O4. The number of hydrogen-bond acceptors (Lipinski definition) is 3. The van der Waals surface area contributed by atoms with E-state index in [4.69, 9.17) is 0 Å². The van der Waals surface area contributed by atoms with Crippen molar-refractivity contribution in [1.82, 2.24) is 10.6 Å². The van der Waals surface area contributed by atoms with Crippen LogP contribution in [0.3, 0.4) is 0 Å². The summed E-state index contributed by atoms with van der Waals surface area (Å²) in [6.45, 7) is 1.73. The second-order valence-corrected chi connectivity index (χ2v) is 6.01. The third-order valence-electron chi connectivity index (χ3n) is 3.89. The molecule has 0 aromatic heterocycles. The van der Waals surface area contributed by atoms with Crippen molar-refractivity contribution in [3.63, 3.8) is 0 Å². The molecule has 0 heterocycles. The Balaban J connectivity index is 1.78. The van der Waals surface area contributed by atoms with Crippen LogP contribution in [0.25, 0.3) is 0 Å². The van der Waals surface area contributed by atoms with Gasteiger partial charge in [-0.3, -0.25) is 9.59 Å². The molecule has 26 heavy (non-hydrogen) atoms. The molecule has 2 aromatic rings. The average molecular weight is 354 g/mol. The maximum absolute atomic E-state index is 12.0. The van der Waals surface area contributed by atoms with Crippen molar-refractivity contribution >= 4 is 17.8 Å². The van der Waals surface area contributed by atoms with Crippen LogP contribution in [0, 0.1) is 6.92 Å². The first-order chi connectivity index (χ1) is 12.5. The van der Waals surface area contributed by atoms with Gasteiger partial charge in [0.05, 0.1) is 6.54 Å². The number of carbonyl (C=O) groups excluding carboxylic acids is 2. The molecule has 0 radical (unpaired) electrons. The molecule has 2 aromatic carbocycles. The van der Waals surface area contributed by atoms with Crippen molar-refractivity contribution in [2.45, 2.75) is 25.8 Å². The normalized spacial score (nSPS) is 11.4. The second-order valence-electron chi connectivity index (χ2n) is 6.01. The SMILES string of the molecule is Cc1ccc(CCC(=O)NCC(=O)N[C@@H](C(=O)O)c2ccccc2)cc1. The van der Waals surface area contributed by atoms with E-state index in [0.29, 0.717) is 12.0 Å². The van der Waals surface area contributed by atoms with E-state index in [2.05, 4.69) is 10.6 Å². The fourth-order valence-electron chi connectivity index (χ4n) is 2.43. The van der Waals surface area contributed by atoms with E-state index in [0.717, 1.165) is 11.1 Å². The van der Waals surface area contributed by atoms with Crippen LogP contribution in [0.4, 0.5) is 0 Å². The number of carbonyl (C=O) groups is 3. The van der Waals surface area contributed by atoms with Crippen molar-refractivity contribution in [1.29, 1.82) is 0 Å². The van der Waals surface area contributed by atoms with Crippen LogP contribution in [0.15, 0.2) is 54.6 Å². The molecule has 0 aliphatic carbocycles. The molecule has 136 valence electrons. The Morgan fingerprint density at radius 3 is 2.23 bits per heavy atom. The summed E-state index contributed by atoms with van der Waals surface area (Å²) in [5, 5.41) is 14.2. The molecule has 1 atom stereocenters. The number of carboxylic acid groups (broad SMARTS) is 1. The summed E-state index contributed by atoms with van der Waals surface area (Å²) < 4.78 is 0. The van der Waals surface area contributed by atoms with Crippen molar-refractivity contribution in [2.24, 2.45) is 0 Å². The standard InChI is InChI=1S/C20H22N2O4/c1-14-7-9-15(10-8-14)11-12-17(23)21-13-18(24)22-19(20(25)26)16-5-3-2-4-6-16/h2-10,19H,11-13H2,1H3,(H,21,23)(H,22,24)(H,25,26)/t19-/m1/s1. The number of aliphatic carboxylic acids is 1. The van der Waals surface area contributed by atoms with Crippen LogP contribution in [-0.2, 0) is 20.8 Å². The van der Waals surface area contributed by atoms with Crippen LogP contribution in [-0.4, -0.2) is 29.4 Å². The molecule has 0 saturated heterocycles. The monoisotopic (exact) mass is 354 g/mol. The quantitative estimate of drug-likeness (QED) is 0.675. The Bertz CT molecular complexity index is 757. The van der Waals surface area contributed by atoms with Gasteiger partial charge in [-0.2, -0.15) is 0 Å². The Morgan fingerprint density at radius 2 is 1.62 bits per heavy atom. The number of carboxylic acids is 1. The van der Waals surface area contributed by atoms with Gasteiger partial charge in [-0.1, -0.05) is 60.2 Å². The molecule has 2 amide bonds. The van der Waals surface area contributed by atoms with E-state index in [1.54, 1.807) is 30.3 Å². The van der Waals surface area contributed by atoms with Crippen molar-refractivity contribution in [3.05, 3.63) is 71.3 Å². The zero-order valence-electron chi connectivity index (χ0n) is 14.6. The molecule has 0 bridgehead atoms. The van der Waals surface area contributed by atoms with E-state index in [-0.39, 0.29) is 18.9 Å². The Hall–Kier alpha value is -3.15. The first-order valence-corrected chi connectivity index (χ1v) is 8.35. The summed E-state index contributed by atoms with van der Waals surface area (Å²) in [7, 11) is 0. The fourth-order valence-corrected chi connectivity index (χ4v) is 2.43. The lowest BCUT2D eigenvalue weighted by atomic mass is 10.1. The van der Waals surface area contributed by atoms with Gasteiger partial charge in [0.1, 0.15) is 0 Å². The summed E-state index contributed by atoms with van der Waals surface area (Å²) in [5.41, 5.74) is 2.67. The molecule has 0 saturated carbocycles. The van der Waals surface area contributed by atoms with Gasteiger partial charge in [0.2, 0.25) is 11.8 Å². The third-order valence-corrected chi connectivity index (χ3v) is 3.89. The highest BCUT2D eigenvalue weighted by Gasteiger charge is 2.21. The molecule has 0 unspecified atom stereocenters. The van der Waals surface area contributed by atoms with E-state index in [1.165, 1.54) is 0 Å². The number of rotatable bonds is 8. The first-order valence-electron chi connectivity index (χ1n) is 8.35. The van der Waals surface area contributed by atoms with Gasteiger partial charge >= 0.3 is 5.97 Å². The minimum Gasteiger partial charge on any atom is -0.479 e. The van der Waals surface area contributed by atoms with Gasteiger partial charge in [-0.25, -0.2) is 4.79 Å². The van der Waals surface area contributed by atoms with Gasteiger partial charge in [-0.15, -0.1) is 0 Å². The lowest BCUT2D eigenvalue weighted by molar-refractivity contribution is -0.141. The van der Waals surface area contributed by atoms with E-state index < -0.39 is 17.9 Å². The topological polar surface area (TPSA) is 95.5 Å². The van der Waals surface area contributed by atoms with Gasteiger partial charge in [0.15, 0.2) is 6.04 Å². The molecule has 6 heteroatoms. The first kappa shape index (κ1) is 19.2. The Morgan fingerprint density at radius 1 is 0.962 bits per heavy atom. The van der Waals surface area contributed by atoms with E-state index in [1.807, 2.05) is 31.2 Å². The molecular weight excluding hydrogens is 332 g/mol. The number of aryl methyl sites for hydroxylation is 2. The van der Waals surface area contributed by atoms with Crippen molar-refractivity contribution in [3.8, 4) is 0 Å². The third kappa shape index (κ3) is 6.05. The molecule has 2 rings (SSSR count). The van der Waals surface area contributed by atoms with E-state index >= 15 is 0 Å². The largest absolute Gasteiger partial charge is 0.479 e. The predicted molar refractivity (Wildman–Crippen MR) is 97.5 cm³/mol. The maximum atomic E-state index is 12.0. The van der Waals surface area contributed by atoms with E-state index in [9.17, 15) is 19.5 Å². The minimum atomic E-state index is -1.16. The van der Waals surface area contributed by atoms with Gasteiger partial charge < -0.3 is 15.7 Å². The predicted octanol–water partition coefficient (Wildman–Crippen LogP) is 1.99. The summed E-state index contributed by atoms with van der Waals surface area (Å²) >= 11 is 0.